The third kappa shape index (κ3) is 3.27. The minimum Gasteiger partial charge on any atom is -0.485 e. The Balaban J connectivity index is 1.36. The summed E-state index contributed by atoms with van der Waals surface area (Å²) in [7, 11) is 0. The van der Waals surface area contributed by atoms with Crippen molar-refractivity contribution in [2.24, 2.45) is 0 Å². The summed E-state index contributed by atoms with van der Waals surface area (Å²) in [5.41, 5.74) is 0.789. The van der Waals surface area contributed by atoms with Gasteiger partial charge in [-0.15, -0.1) is 0 Å². The first-order chi connectivity index (χ1) is 12.3. The van der Waals surface area contributed by atoms with E-state index in [1.54, 1.807) is 36.7 Å². The molecule has 4 rings (SSSR count). The maximum absolute atomic E-state index is 12.2. The highest BCUT2D eigenvalue weighted by atomic mass is 16.6. The van der Waals surface area contributed by atoms with Crippen molar-refractivity contribution in [1.29, 1.82) is 0 Å². The molecule has 0 fully saturated rings. The molecule has 1 N–H and O–H groups in total. The SMILES string of the molecule is O=C(NCc1nc(-c2ccncc2)no1)C1COc2ccccc2O1. The van der Waals surface area contributed by atoms with Gasteiger partial charge in [0, 0.05) is 18.0 Å². The van der Waals surface area contributed by atoms with Gasteiger partial charge in [-0.25, -0.2) is 0 Å². The average Bonchev–Trinajstić information content (AvgIpc) is 3.15. The number of amides is 1. The zero-order valence-corrected chi connectivity index (χ0v) is 13.1. The number of hydrogen-bond donors (Lipinski definition) is 1. The van der Waals surface area contributed by atoms with E-state index in [0.717, 1.165) is 5.56 Å². The van der Waals surface area contributed by atoms with Crippen LogP contribution >= 0.6 is 0 Å². The summed E-state index contributed by atoms with van der Waals surface area (Å²) in [6.07, 6.45) is 2.56. The maximum atomic E-state index is 12.2. The van der Waals surface area contributed by atoms with Crippen LogP contribution in [0.15, 0.2) is 53.3 Å². The number of benzene rings is 1. The van der Waals surface area contributed by atoms with Gasteiger partial charge in [-0.3, -0.25) is 9.78 Å². The van der Waals surface area contributed by atoms with Crippen LogP contribution in [0.1, 0.15) is 5.89 Å². The summed E-state index contributed by atoms with van der Waals surface area (Å²) in [6.45, 7) is 0.257. The van der Waals surface area contributed by atoms with E-state index in [-0.39, 0.29) is 19.1 Å². The Labute approximate surface area is 142 Å². The number of carbonyl (C=O) groups is 1. The van der Waals surface area contributed by atoms with Crippen LogP contribution in [0.3, 0.4) is 0 Å². The lowest BCUT2D eigenvalue weighted by molar-refractivity contribution is -0.130. The zero-order valence-electron chi connectivity index (χ0n) is 13.1. The first-order valence-electron chi connectivity index (χ1n) is 7.69. The van der Waals surface area contributed by atoms with Gasteiger partial charge < -0.3 is 19.3 Å². The molecule has 1 aliphatic heterocycles. The lowest BCUT2D eigenvalue weighted by Gasteiger charge is -2.25. The molecule has 0 radical (unpaired) electrons. The van der Waals surface area contributed by atoms with Gasteiger partial charge >= 0.3 is 0 Å². The van der Waals surface area contributed by atoms with E-state index in [0.29, 0.717) is 23.2 Å². The first kappa shape index (κ1) is 15.1. The van der Waals surface area contributed by atoms with E-state index >= 15 is 0 Å². The number of aromatic nitrogens is 3. The molecule has 1 amide bonds. The summed E-state index contributed by atoms with van der Waals surface area (Å²) in [5, 5.41) is 6.60. The molecule has 0 bridgehead atoms. The van der Waals surface area contributed by atoms with Crippen molar-refractivity contribution in [2.75, 3.05) is 6.61 Å². The Hall–Kier alpha value is -3.42. The molecule has 1 unspecified atom stereocenters. The lowest BCUT2D eigenvalue weighted by Crippen LogP contribution is -2.43. The fourth-order valence-electron chi connectivity index (χ4n) is 2.37. The maximum Gasteiger partial charge on any atom is 0.265 e. The number of nitrogens with zero attached hydrogens (tertiary/aromatic N) is 3. The van der Waals surface area contributed by atoms with Crippen LogP contribution in [0.2, 0.25) is 0 Å². The average molecular weight is 338 g/mol. The summed E-state index contributed by atoms with van der Waals surface area (Å²) >= 11 is 0. The predicted octanol–water partition coefficient (Wildman–Crippen LogP) is 1.59. The molecular weight excluding hydrogens is 324 g/mol. The second-order valence-electron chi connectivity index (χ2n) is 5.33. The van der Waals surface area contributed by atoms with Crippen LogP contribution in [0.5, 0.6) is 11.5 Å². The van der Waals surface area contributed by atoms with Crippen LogP contribution in [-0.2, 0) is 11.3 Å². The van der Waals surface area contributed by atoms with Crippen LogP contribution < -0.4 is 14.8 Å². The van der Waals surface area contributed by atoms with E-state index in [9.17, 15) is 4.79 Å². The highest BCUT2D eigenvalue weighted by Crippen LogP contribution is 2.30. The minimum absolute atomic E-state index is 0.110. The van der Waals surface area contributed by atoms with E-state index in [1.807, 2.05) is 12.1 Å². The molecule has 0 saturated heterocycles. The Bertz CT molecular complexity index is 881. The standard InChI is InChI=1S/C17H14N4O4/c22-17(14-10-23-12-3-1-2-4-13(12)24-14)19-9-15-20-16(21-25-15)11-5-7-18-8-6-11/h1-8,14H,9-10H2,(H,19,22). The molecule has 1 atom stereocenters. The van der Waals surface area contributed by atoms with Crippen molar-refractivity contribution in [3.8, 4) is 22.9 Å². The molecule has 1 aromatic carbocycles. The number of hydrogen-bond acceptors (Lipinski definition) is 7. The van der Waals surface area contributed by atoms with E-state index < -0.39 is 6.10 Å². The molecule has 0 saturated carbocycles. The molecule has 3 heterocycles. The van der Waals surface area contributed by atoms with Crippen molar-refractivity contribution >= 4 is 5.91 Å². The second-order valence-corrected chi connectivity index (χ2v) is 5.33. The molecule has 25 heavy (non-hydrogen) atoms. The van der Waals surface area contributed by atoms with Gasteiger partial charge in [-0.05, 0) is 24.3 Å². The Morgan fingerprint density at radius 3 is 2.80 bits per heavy atom. The molecule has 8 nitrogen and oxygen atoms in total. The number of para-hydroxylation sites is 2. The summed E-state index contributed by atoms with van der Waals surface area (Å²) in [6, 6.07) is 10.8. The molecule has 126 valence electrons. The highest BCUT2D eigenvalue weighted by Gasteiger charge is 2.27. The van der Waals surface area contributed by atoms with Crippen molar-refractivity contribution < 1.29 is 18.8 Å². The number of rotatable bonds is 4. The summed E-state index contributed by atoms with van der Waals surface area (Å²) < 4.78 is 16.3. The number of ether oxygens (including phenoxy) is 2. The van der Waals surface area contributed by atoms with Crippen molar-refractivity contribution in [3.05, 3.63) is 54.7 Å². The van der Waals surface area contributed by atoms with Gasteiger partial charge in [0.05, 0.1) is 6.54 Å². The van der Waals surface area contributed by atoms with Crippen molar-refractivity contribution in [3.63, 3.8) is 0 Å². The van der Waals surface area contributed by atoms with Crippen LogP contribution in [0.25, 0.3) is 11.4 Å². The number of fused-ring (bicyclic) bond motifs is 1. The fourth-order valence-corrected chi connectivity index (χ4v) is 2.37. The van der Waals surface area contributed by atoms with E-state index in [1.165, 1.54) is 0 Å². The van der Waals surface area contributed by atoms with E-state index in [4.69, 9.17) is 14.0 Å². The molecule has 2 aromatic heterocycles. The predicted molar refractivity (Wildman–Crippen MR) is 85.7 cm³/mol. The smallest absolute Gasteiger partial charge is 0.265 e. The largest absolute Gasteiger partial charge is 0.485 e. The Morgan fingerprint density at radius 1 is 1.16 bits per heavy atom. The Morgan fingerprint density at radius 2 is 1.96 bits per heavy atom. The third-order valence-corrected chi connectivity index (χ3v) is 3.62. The topological polar surface area (TPSA) is 99.4 Å². The number of nitrogens with one attached hydrogen (secondary N) is 1. The highest BCUT2D eigenvalue weighted by molar-refractivity contribution is 5.81. The van der Waals surface area contributed by atoms with Crippen LogP contribution in [-0.4, -0.2) is 33.7 Å². The van der Waals surface area contributed by atoms with Gasteiger partial charge in [0.15, 0.2) is 11.5 Å². The molecule has 1 aliphatic rings. The van der Waals surface area contributed by atoms with Crippen LogP contribution in [0.4, 0.5) is 0 Å². The number of carbonyl (C=O) groups excluding carboxylic acids is 1. The molecule has 0 spiro atoms. The Kier molecular flexibility index (Phi) is 3.99. The fraction of sp³-hybridized carbons (Fsp3) is 0.176. The van der Waals surface area contributed by atoms with Crippen LogP contribution in [0, 0.1) is 0 Å². The number of pyridine rings is 1. The van der Waals surface area contributed by atoms with Gasteiger partial charge in [0.1, 0.15) is 6.61 Å². The van der Waals surface area contributed by atoms with Gasteiger partial charge in [-0.2, -0.15) is 4.98 Å². The first-order valence-corrected chi connectivity index (χ1v) is 7.69. The van der Waals surface area contributed by atoms with Gasteiger partial charge in [0.2, 0.25) is 17.8 Å². The quantitative estimate of drug-likeness (QED) is 0.771. The molecule has 8 heteroatoms. The minimum atomic E-state index is -0.725. The normalized spacial score (nSPS) is 15.6. The second kappa shape index (κ2) is 6.60. The summed E-state index contributed by atoms with van der Waals surface area (Å²) in [4.78, 5) is 20.4. The zero-order chi connectivity index (χ0) is 17.1. The summed E-state index contributed by atoms with van der Waals surface area (Å²) in [5.74, 6) is 1.62. The van der Waals surface area contributed by atoms with E-state index in [2.05, 4.69) is 20.4 Å². The van der Waals surface area contributed by atoms with Gasteiger partial charge in [-0.1, -0.05) is 17.3 Å². The molecule has 0 aliphatic carbocycles. The van der Waals surface area contributed by atoms with Gasteiger partial charge in [0.25, 0.3) is 5.91 Å². The third-order valence-electron chi connectivity index (χ3n) is 3.62. The molecular formula is C17H14N4O4. The monoisotopic (exact) mass is 338 g/mol. The molecule has 3 aromatic rings. The lowest BCUT2D eigenvalue weighted by atomic mass is 10.2. The van der Waals surface area contributed by atoms with Crippen molar-refractivity contribution in [2.45, 2.75) is 12.6 Å². The van der Waals surface area contributed by atoms with Crippen molar-refractivity contribution in [1.82, 2.24) is 20.4 Å².